The number of hydrogen-bond acceptors (Lipinski definition) is 4. The molecule has 1 aromatic carbocycles. The predicted molar refractivity (Wildman–Crippen MR) is 61.8 cm³/mol. The highest BCUT2D eigenvalue weighted by molar-refractivity contribution is 9.10. The molecule has 3 N–H and O–H groups in total. The van der Waals surface area contributed by atoms with Crippen LogP contribution in [0.25, 0.3) is 0 Å². The number of ether oxygens (including phenoxy) is 2. The molecule has 16 heavy (non-hydrogen) atoms. The first-order chi connectivity index (χ1) is 7.52. The molecule has 0 amide bonds. The van der Waals surface area contributed by atoms with Crippen molar-refractivity contribution in [3.05, 3.63) is 22.2 Å². The molecule has 1 unspecified atom stereocenters. The summed E-state index contributed by atoms with van der Waals surface area (Å²) >= 11 is 3.25. The van der Waals surface area contributed by atoms with Gasteiger partial charge in [0.15, 0.2) is 0 Å². The van der Waals surface area contributed by atoms with Crippen molar-refractivity contribution in [2.45, 2.75) is 6.04 Å². The molecule has 1 aromatic rings. The second-order valence-electron chi connectivity index (χ2n) is 3.01. The van der Waals surface area contributed by atoms with Gasteiger partial charge in [0.1, 0.15) is 17.5 Å². The van der Waals surface area contributed by atoms with E-state index in [0.29, 0.717) is 21.5 Å². The highest BCUT2D eigenvalue weighted by atomic mass is 79.9. The van der Waals surface area contributed by atoms with Gasteiger partial charge in [0.2, 0.25) is 0 Å². The number of rotatable bonds is 4. The largest absolute Gasteiger partial charge is 0.496 e. The summed E-state index contributed by atoms with van der Waals surface area (Å²) in [6, 6.07) is 2.11. The van der Waals surface area contributed by atoms with Crippen molar-refractivity contribution >= 4 is 21.9 Å². The molecule has 0 aromatic heterocycles. The van der Waals surface area contributed by atoms with Crippen LogP contribution in [0.5, 0.6) is 11.5 Å². The van der Waals surface area contributed by atoms with E-state index in [1.54, 1.807) is 12.1 Å². The minimum atomic E-state index is -1.17. The summed E-state index contributed by atoms with van der Waals surface area (Å²) in [5.74, 6) is -0.220. The van der Waals surface area contributed by atoms with Crippen molar-refractivity contribution in [1.29, 1.82) is 0 Å². The highest BCUT2D eigenvalue weighted by Gasteiger charge is 2.24. The molecule has 0 saturated heterocycles. The van der Waals surface area contributed by atoms with E-state index < -0.39 is 12.0 Å². The van der Waals surface area contributed by atoms with E-state index in [2.05, 4.69) is 15.9 Å². The Kier molecular flexibility index (Phi) is 4.14. The zero-order valence-electron chi connectivity index (χ0n) is 8.86. The Morgan fingerprint density at radius 2 is 1.88 bits per heavy atom. The number of carboxylic acids is 1. The minimum Gasteiger partial charge on any atom is -0.496 e. The fraction of sp³-hybridized carbons (Fsp3) is 0.300. The maximum Gasteiger partial charge on any atom is 0.325 e. The van der Waals surface area contributed by atoms with Crippen molar-refractivity contribution in [3.8, 4) is 11.5 Å². The molecule has 0 aliphatic carbocycles. The van der Waals surface area contributed by atoms with Crippen molar-refractivity contribution in [2.24, 2.45) is 5.73 Å². The van der Waals surface area contributed by atoms with E-state index in [1.807, 2.05) is 0 Å². The van der Waals surface area contributed by atoms with Crippen molar-refractivity contribution in [2.75, 3.05) is 14.2 Å². The predicted octanol–water partition coefficient (Wildman–Crippen LogP) is 1.55. The van der Waals surface area contributed by atoms with Gasteiger partial charge in [0.25, 0.3) is 0 Å². The Balaban J connectivity index is 3.37. The summed E-state index contributed by atoms with van der Waals surface area (Å²) in [6.45, 7) is 0. The molecule has 5 nitrogen and oxygen atoms in total. The molecule has 6 heteroatoms. The molecule has 88 valence electrons. The number of nitrogens with two attached hydrogens (primary N) is 1. The molecule has 0 aliphatic rings. The van der Waals surface area contributed by atoms with E-state index in [0.717, 1.165) is 0 Å². The summed E-state index contributed by atoms with van der Waals surface area (Å²) in [6.07, 6.45) is 0. The Hall–Kier alpha value is -1.27. The van der Waals surface area contributed by atoms with Crippen LogP contribution in [0.1, 0.15) is 11.6 Å². The number of hydrogen-bond donors (Lipinski definition) is 2. The number of benzene rings is 1. The maximum atomic E-state index is 10.9. The fourth-order valence-electron chi connectivity index (χ4n) is 1.30. The molecule has 0 aliphatic heterocycles. The van der Waals surface area contributed by atoms with Gasteiger partial charge in [0, 0.05) is 5.56 Å². The van der Waals surface area contributed by atoms with Gasteiger partial charge < -0.3 is 20.3 Å². The van der Waals surface area contributed by atoms with Crippen molar-refractivity contribution in [3.63, 3.8) is 0 Å². The molecular formula is C10H12BrNO4. The lowest BCUT2D eigenvalue weighted by atomic mass is 10.1. The van der Waals surface area contributed by atoms with Gasteiger partial charge >= 0.3 is 5.97 Å². The average molecular weight is 290 g/mol. The monoisotopic (exact) mass is 289 g/mol. The Morgan fingerprint density at radius 1 is 1.38 bits per heavy atom. The lowest BCUT2D eigenvalue weighted by Crippen LogP contribution is -2.22. The van der Waals surface area contributed by atoms with Crippen molar-refractivity contribution in [1.82, 2.24) is 0 Å². The third-order valence-corrected chi connectivity index (χ3v) is 2.94. The third kappa shape index (κ3) is 2.28. The molecule has 0 spiro atoms. The number of carbonyl (C=O) groups is 1. The fourth-order valence-corrected chi connectivity index (χ4v) is 2.04. The van der Waals surface area contributed by atoms with Crippen LogP contribution >= 0.6 is 15.9 Å². The molecule has 1 atom stereocenters. The summed E-state index contributed by atoms with van der Waals surface area (Å²) in [5.41, 5.74) is 5.93. The lowest BCUT2D eigenvalue weighted by Gasteiger charge is -2.16. The molecule has 0 fully saturated rings. The van der Waals surface area contributed by atoms with Gasteiger partial charge in [0.05, 0.1) is 18.7 Å². The first kappa shape index (κ1) is 12.8. The van der Waals surface area contributed by atoms with Crippen LogP contribution in [-0.4, -0.2) is 25.3 Å². The molecular weight excluding hydrogens is 278 g/mol. The zero-order chi connectivity index (χ0) is 12.3. The van der Waals surface area contributed by atoms with Gasteiger partial charge in [-0.3, -0.25) is 4.79 Å². The van der Waals surface area contributed by atoms with Crippen LogP contribution in [0.4, 0.5) is 0 Å². The van der Waals surface area contributed by atoms with E-state index in [-0.39, 0.29) is 0 Å². The molecule has 0 heterocycles. The van der Waals surface area contributed by atoms with Crippen LogP contribution < -0.4 is 15.2 Å². The van der Waals surface area contributed by atoms with Gasteiger partial charge in [-0.1, -0.05) is 0 Å². The number of aliphatic carboxylic acids is 1. The first-order valence-electron chi connectivity index (χ1n) is 4.41. The normalized spacial score (nSPS) is 12.0. The summed E-state index contributed by atoms with van der Waals surface area (Å²) < 4.78 is 10.6. The lowest BCUT2D eigenvalue weighted by molar-refractivity contribution is -0.138. The molecule has 0 bridgehead atoms. The second kappa shape index (κ2) is 5.18. The Labute approximate surface area is 101 Å². The van der Waals surface area contributed by atoms with E-state index in [9.17, 15) is 4.79 Å². The minimum absolute atomic E-state index is 0.356. The van der Waals surface area contributed by atoms with Crippen LogP contribution in [0.15, 0.2) is 16.6 Å². The number of halogens is 1. The number of carboxylic acid groups (broad SMARTS) is 1. The van der Waals surface area contributed by atoms with Gasteiger partial charge in [-0.15, -0.1) is 0 Å². The second-order valence-corrected chi connectivity index (χ2v) is 3.81. The topological polar surface area (TPSA) is 81.8 Å². The molecule has 0 radical (unpaired) electrons. The number of methoxy groups -OCH3 is 2. The van der Waals surface area contributed by atoms with Crippen LogP contribution in [0, 0.1) is 0 Å². The summed E-state index contributed by atoms with van der Waals surface area (Å²) in [5, 5.41) is 8.90. The zero-order valence-corrected chi connectivity index (χ0v) is 10.4. The van der Waals surface area contributed by atoms with E-state index in [1.165, 1.54) is 14.2 Å². The summed E-state index contributed by atoms with van der Waals surface area (Å²) in [4.78, 5) is 10.9. The van der Waals surface area contributed by atoms with Gasteiger partial charge in [-0.05, 0) is 28.1 Å². The standard InChI is InChI=1S/C10H12BrNO4/c1-15-5-3-4-6(16-2)8(11)7(5)9(12)10(13)14/h3-4,9H,12H2,1-2H3,(H,13,14). The average Bonchev–Trinajstić information content (AvgIpc) is 2.27. The first-order valence-corrected chi connectivity index (χ1v) is 5.21. The Bertz CT molecular complexity index is 408. The summed E-state index contributed by atoms with van der Waals surface area (Å²) in [7, 11) is 2.94. The van der Waals surface area contributed by atoms with Gasteiger partial charge in [-0.25, -0.2) is 0 Å². The SMILES string of the molecule is COc1ccc(OC)c(C(N)C(=O)O)c1Br. The highest BCUT2D eigenvalue weighted by Crippen LogP contribution is 2.38. The van der Waals surface area contributed by atoms with Crippen LogP contribution in [-0.2, 0) is 4.79 Å². The van der Waals surface area contributed by atoms with E-state index in [4.69, 9.17) is 20.3 Å². The van der Waals surface area contributed by atoms with Crippen LogP contribution in [0.3, 0.4) is 0 Å². The quantitative estimate of drug-likeness (QED) is 0.879. The third-order valence-electron chi connectivity index (χ3n) is 2.12. The Morgan fingerprint density at radius 3 is 2.31 bits per heavy atom. The van der Waals surface area contributed by atoms with Crippen molar-refractivity contribution < 1.29 is 19.4 Å². The smallest absolute Gasteiger partial charge is 0.325 e. The van der Waals surface area contributed by atoms with Gasteiger partial charge in [-0.2, -0.15) is 0 Å². The molecule has 0 saturated carbocycles. The maximum absolute atomic E-state index is 10.9. The van der Waals surface area contributed by atoms with E-state index >= 15 is 0 Å². The molecule has 1 rings (SSSR count). The van der Waals surface area contributed by atoms with Crippen LogP contribution in [0.2, 0.25) is 0 Å².